The molecule has 0 radical (unpaired) electrons. The zero-order valence-electron chi connectivity index (χ0n) is 11.5. The standard InChI is InChI=1S/C15H22N2/c1-11-6-7-14(13(3)12(11)2)15(4,5)10-17-9-8-16/h6-7,17H,9-10H2,1-5H3. The summed E-state index contributed by atoms with van der Waals surface area (Å²) in [5.41, 5.74) is 5.50. The van der Waals surface area contributed by atoms with Gasteiger partial charge in [-0.2, -0.15) is 5.26 Å². The Hall–Kier alpha value is -1.33. The minimum absolute atomic E-state index is 0.0550. The summed E-state index contributed by atoms with van der Waals surface area (Å²) in [6.07, 6.45) is 0. The molecule has 0 saturated carbocycles. The van der Waals surface area contributed by atoms with Gasteiger partial charge in [0.15, 0.2) is 0 Å². The molecule has 0 aliphatic heterocycles. The third-order valence-electron chi connectivity index (χ3n) is 3.56. The molecule has 2 heteroatoms. The molecule has 0 amide bonds. The zero-order chi connectivity index (χ0) is 13.1. The molecule has 0 aliphatic carbocycles. The van der Waals surface area contributed by atoms with E-state index in [4.69, 9.17) is 5.26 Å². The van der Waals surface area contributed by atoms with E-state index in [1.165, 1.54) is 22.3 Å². The van der Waals surface area contributed by atoms with Crippen LogP contribution in [-0.4, -0.2) is 13.1 Å². The molecule has 17 heavy (non-hydrogen) atoms. The first-order chi connectivity index (χ1) is 7.90. The van der Waals surface area contributed by atoms with Crippen molar-refractivity contribution in [3.05, 3.63) is 34.4 Å². The molecule has 0 fully saturated rings. The Bertz CT molecular complexity index is 439. The number of nitriles is 1. The highest BCUT2D eigenvalue weighted by Gasteiger charge is 2.22. The van der Waals surface area contributed by atoms with Gasteiger partial charge in [-0.15, -0.1) is 0 Å². The quantitative estimate of drug-likeness (QED) is 0.637. The molecule has 0 aromatic heterocycles. The minimum Gasteiger partial charge on any atom is -0.304 e. The SMILES string of the molecule is Cc1ccc(C(C)(C)CNCC#N)c(C)c1C. The lowest BCUT2D eigenvalue weighted by molar-refractivity contribution is 0.482. The zero-order valence-corrected chi connectivity index (χ0v) is 11.5. The van der Waals surface area contributed by atoms with Crippen LogP contribution in [0.5, 0.6) is 0 Å². The van der Waals surface area contributed by atoms with Crippen molar-refractivity contribution in [2.24, 2.45) is 0 Å². The highest BCUT2D eigenvalue weighted by molar-refractivity contribution is 5.42. The molecule has 0 unspecified atom stereocenters. The van der Waals surface area contributed by atoms with E-state index < -0.39 is 0 Å². The van der Waals surface area contributed by atoms with Gasteiger partial charge < -0.3 is 5.32 Å². The van der Waals surface area contributed by atoms with Gasteiger partial charge in [0, 0.05) is 12.0 Å². The predicted octanol–water partition coefficient (Wildman–Crippen LogP) is 3.00. The molecule has 1 N–H and O–H groups in total. The molecule has 1 aromatic carbocycles. The van der Waals surface area contributed by atoms with Crippen LogP contribution >= 0.6 is 0 Å². The maximum Gasteiger partial charge on any atom is 0.0841 e. The van der Waals surface area contributed by atoms with Crippen molar-refractivity contribution in [3.63, 3.8) is 0 Å². The van der Waals surface area contributed by atoms with E-state index >= 15 is 0 Å². The second-order valence-electron chi connectivity index (χ2n) is 5.33. The Balaban J connectivity index is 2.99. The van der Waals surface area contributed by atoms with Gasteiger partial charge in [-0.3, -0.25) is 0 Å². The summed E-state index contributed by atoms with van der Waals surface area (Å²) in [4.78, 5) is 0. The Morgan fingerprint density at radius 1 is 1.18 bits per heavy atom. The van der Waals surface area contributed by atoms with Crippen LogP contribution in [0.15, 0.2) is 12.1 Å². The van der Waals surface area contributed by atoms with Crippen molar-refractivity contribution in [2.75, 3.05) is 13.1 Å². The van der Waals surface area contributed by atoms with Gasteiger partial charge in [0.05, 0.1) is 12.6 Å². The summed E-state index contributed by atoms with van der Waals surface area (Å²) in [5.74, 6) is 0. The van der Waals surface area contributed by atoms with Crippen LogP contribution in [0.1, 0.15) is 36.1 Å². The molecule has 1 aromatic rings. The lowest BCUT2D eigenvalue weighted by Crippen LogP contribution is -2.34. The third-order valence-corrected chi connectivity index (χ3v) is 3.56. The summed E-state index contributed by atoms with van der Waals surface area (Å²) in [5, 5.41) is 11.7. The van der Waals surface area contributed by atoms with Crippen molar-refractivity contribution in [3.8, 4) is 6.07 Å². The first-order valence-electron chi connectivity index (χ1n) is 6.05. The lowest BCUT2D eigenvalue weighted by Gasteiger charge is -2.28. The van der Waals surface area contributed by atoms with Gasteiger partial charge in [0.2, 0.25) is 0 Å². The molecular formula is C15H22N2. The van der Waals surface area contributed by atoms with Gasteiger partial charge in [0.25, 0.3) is 0 Å². The number of benzene rings is 1. The van der Waals surface area contributed by atoms with Crippen molar-refractivity contribution in [2.45, 2.75) is 40.0 Å². The van der Waals surface area contributed by atoms with E-state index in [9.17, 15) is 0 Å². The maximum absolute atomic E-state index is 8.56. The molecule has 92 valence electrons. The van der Waals surface area contributed by atoms with E-state index in [-0.39, 0.29) is 5.41 Å². The highest BCUT2D eigenvalue weighted by Crippen LogP contribution is 2.28. The van der Waals surface area contributed by atoms with Crippen molar-refractivity contribution >= 4 is 0 Å². The summed E-state index contributed by atoms with van der Waals surface area (Å²) in [6, 6.07) is 6.51. The third kappa shape index (κ3) is 3.08. The van der Waals surface area contributed by atoms with E-state index in [1.807, 2.05) is 0 Å². The van der Waals surface area contributed by atoms with Crippen LogP contribution in [0, 0.1) is 32.1 Å². The average molecular weight is 230 g/mol. The molecule has 0 spiro atoms. The topological polar surface area (TPSA) is 35.8 Å². The first-order valence-corrected chi connectivity index (χ1v) is 6.05. The van der Waals surface area contributed by atoms with Crippen LogP contribution in [0.2, 0.25) is 0 Å². The summed E-state index contributed by atoms with van der Waals surface area (Å²) < 4.78 is 0. The van der Waals surface area contributed by atoms with Crippen LogP contribution in [0.4, 0.5) is 0 Å². The van der Waals surface area contributed by atoms with Gasteiger partial charge in [0.1, 0.15) is 0 Å². The van der Waals surface area contributed by atoms with Crippen LogP contribution in [0.3, 0.4) is 0 Å². The van der Waals surface area contributed by atoms with E-state index in [0.29, 0.717) is 6.54 Å². The van der Waals surface area contributed by atoms with Gasteiger partial charge in [-0.25, -0.2) is 0 Å². The number of rotatable bonds is 4. The lowest BCUT2D eigenvalue weighted by atomic mass is 9.80. The summed E-state index contributed by atoms with van der Waals surface area (Å²) in [7, 11) is 0. The second-order valence-corrected chi connectivity index (χ2v) is 5.33. The Morgan fingerprint density at radius 3 is 2.41 bits per heavy atom. The summed E-state index contributed by atoms with van der Waals surface area (Å²) in [6.45, 7) is 12.2. The van der Waals surface area contributed by atoms with E-state index in [2.05, 4.69) is 58.1 Å². The molecule has 2 nitrogen and oxygen atoms in total. The van der Waals surface area contributed by atoms with Crippen molar-refractivity contribution in [1.29, 1.82) is 5.26 Å². The maximum atomic E-state index is 8.56. The number of aryl methyl sites for hydroxylation is 1. The molecule has 0 heterocycles. The normalized spacial score (nSPS) is 11.3. The fourth-order valence-electron chi connectivity index (χ4n) is 2.22. The monoisotopic (exact) mass is 230 g/mol. The van der Waals surface area contributed by atoms with Gasteiger partial charge >= 0.3 is 0 Å². The summed E-state index contributed by atoms with van der Waals surface area (Å²) >= 11 is 0. The number of nitrogens with zero attached hydrogens (tertiary/aromatic N) is 1. The Kier molecular flexibility index (Phi) is 4.31. The molecular weight excluding hydrogens is 208 g/mol. The average Bonchev–Trinajstić information content (AvgIpc) is 2.26. The van der Waals surface area contributed by atoms with E-state index in [0.717, 1.165) is 6.54 Å². The molecule has 0 bridgehead atoms. The van der Waals surface area contributed by atoms with Crippen LogP contribution in [0.25, 0.3) is 0 Å². The highest BCUT2D eigenvalue weighted by atomic mass is 14.9. The van der Waals surface area contributed by atoms with Crippen LogP contribution < -0.4 is 5.32 Å². The number of hydrogen-bond donors (Lipinski definition) is 1. The molecule has 0 saturated heterocycles. The number of nitrogens with one attached hydrogen (secondary N) is 1. The Labute approximate surface area is 105 Å². The molecule has 1 rings (SSSR count). The Morgan fingerprint density at radius 2 is 1.82 bits per heavy atom. The van der Waals surface area contributed by atoms with Crippen LogP contribution in [-0.2, 0) is 5.41 Å². The molecule has 0 aliphatic rings. The number of hydrogen-bond acceptors (Lipinski definition) is 2. The van der Waals surface area contributed by atoms with Gasteiger partial charge in [-0.05, 0) is 43.0 Å². The first kappa shape index (κ1) is 13.7. The second kappa shape index (κ2) is 5.33. The van der Waals surface area contributed by atoms with E-state index in [1.54, 1.807) is 0 Å². The minimum atomic E-state index is 0.0550. The fourth-order valence-corrected chi connectivity index (χ4v) is 2.22. The van der Waals surface area contributed by atoms with Gasteiger partial charge in [-0.1, -0.05) is 26.0 Å². The van der Waals surface area contributed by atoms with Crippen molar-refractivity contribution < 1.29 is 0 Å². The largest absolute Gasteiger partial charge is 0.304 e. The smallest absolute Gasteiger partial charge is 0.0841 e. The predicted molar refractivity (Wildman–Crippen MR) is 72.2 cm³/mol. The molecule has 0 atom stereocenters. The van der Waals surface area contributed by atoms with Crippen molar-refractivity contribution in [1.82, 2.24) is 5.32 Å². The fraction of sp³-hybridized carbons (Fsp3) is 0.533.